The number of nitrogens with one attached hydrogen (secondary N) is 1. The van der Waals surface area contributed by atoms with Gasteiger partial charge in [-0.05, 0) is 19.1 Å². The summed E-state index contributed by atoms with van der Waals surface area (Å²) in [6.07, 6.45) is 0. The van der Waals surface area contributed by atoms with Gasteiger partial charge in [0, 0.05) is 31.5 Å². The zero-order chi connectivity index (χ0) is 15.6. The van der Waals surface area contributed by atoms with Gasteiger partial charge in [0.15, 0.2) is 0 Å². The summed E-state index contributed by atoms with van der Waals surface area (Å²) < 4.78 is 16.1. The summed E-state index contributed by atoms with van der Waals surface area (Å²) in [6.45, 7) is 7.06. The number of ether oxygens (including phenoxy) is 3. The Morgan fingerprint density at radius 1 is 1.32 bits per heavy atom. The monoisotopic (exact) mass is 308 g/mol. The maximum absolute atomic E-state index is 12.0. The van der Waals surface area contributed by atoms with Crippen LogP contribution in [0.5, 0.6) is 5.75 Å². The Morgan fingerprint density at radius 3 is 2.91 bits per heavy atom. The number of rotatable bonds is 8. The minimum absolute atomic E-state index is 0.0200. The maximum Gasteiger partial charge on any atom is 0.238 e. The van der Waals surface area contributed by atoms with Gasteiger partial charge in [-0.25, -0.2) is 0 Å². The van der Waals surface area contributed by atoms with Crippen LogP contribution in [-0.2, 0) is 14.3 Å². The van der Waals surface area contributed by atoms with Crippen molar-refractivity contribution < 1.29 is 19.0 Å². The van der Waals surface area contributed by atoms with Gasteiger partial charge in [0.05, 0.1) is 26.4 Å². The molecule has 2 rings (SSSR count). The first kappa shape index (κ1) is 16.7. The standard InChI is InChI=1S/C16H24N2O4/c1-2-20-10-11-22-15-5-3-4-14(12-15)17-16(19)13-18-6-8-21-9-7-18/h3-5,12H,2,6-11,13H2,1H3,(H,17,19). The number of anilines is 1. The second kappa shape index (κ2) is 9.40. The minimum Gasteiger partial charge on any atom is -0.491 e. The Hall–Kier alpha value is -1.63. The number of carbonyl (C=O) groups is 1. The van der Waals surface area contributed by atoms with Crippen molar-refractivity contribution >= 4 is 11.6 Å². The molecule has 22 heavy (non-hydrogen) atoms. The van der Waals surface area contributed by atoms with E-state index in [1.54, 1.807) is 0 Å². The highest BCUT2D eigenvalue weighted by molar-refractivity contribution is 5.92. The van der Waals surface area contributed by atoms with Crippen LogP contribution < -0.4 is 10.1 Å². The second-order valence-corrected chi connectivity index (χ2v) is 5.01. The summed E-state index contributed by atoms with van der Waals surface area (Å²) in [6, 6.07) is 7.40. The molecule has 0 unspecified atom stereocenters. The number of hydrogen-bond donors (Lipinski definition) is 1. The van der Waals surface area contributed by atoms with Crippen LogP contribution in [0.3, 0.4) is 0 Å². The average Bonchev–Trinajstić information content (AvgIpc) is 2.53. The van der Waals surface area contributed by atoms with Crippen LogP contribution in [0.25, 0.3) is 0 Å². The number of hydrogen-bond acceptors (Lipinski definition) is 5. The lowest BCUT2D eigenvalue weighted by Gasteiger charge is -2.25. The molecule has 1 aliphatic rings. The van der Waals surface area contributed by atoms with Gasteiger partial charge in [0.25, 0.3) is 0 Å². The number of nitrogens with zero attached hydrogens (tertiary/aromatic N) is 1. The molecule has 1 aromatic rings. The molecule has 1 heterocycles. The van der Waals surface area contributed by atoms with Gasteiger partial charge >= 0.3 is 0 Å². The molecule has 6 heteroatoms. The molecular weight excluding hydrogens is 284 g/mol. The molecule has 0 bridgehead atoms. The SMILES string of the molecule is CCOCCOc1cccc(NC(=O)CN2CCOCC2)c1. The molecule has 0 aliphatic carbocycles. The predicted octanol–water partition coefficient (Wildman–Crippen LogP) is 1.37. The van der Waals surface area contributed by atoms with Gasteiger partial charge in [-0.3, -0.25) is 9.69 Å². The van der Waals surface area contributed by atoms with Gasteiger partial charge in [-0.15, -0.1) is 0 Å². The van der Waals surface area contributed by atoms with Crippen LogP contribution in [0.2, 0.25) is 0 Å². The number of amides is 1. The summed E-state index contributed by atoms with van der Waals surface area (Å²) in [5.74, 6) is 0.706. The van der Waals surface area contributed by atoms with Crippen molar-refractivity contribution in [1.29, 1.82) is 0 Å². The third-order valence-corrected chi connectivity index (χ3v) is 3.29. The fourth-order valence-corrected chi connectivity index (χ4v) is 2.19. The Morgan fingerprint density at radius 2 is 2.14 bits per heavy atom. The van der Waals surface area contributed by atoms with E-state index in [0.717, 1.165) is 24.5 Å². The van der Waals surface area contributed by atoms with E-state index < -0.39 is 0 Å². The van der Waals surface area contributed by atoms with Crippen molar-refractivity contribution in [2.24, 2.45) is 0 Å². The molecular formula is C16H24N2O4. The highest BCUT2D eigenvalue weighted by atomic mass is 16.5. The van der Waals surface area contributed by atoms with E-state index in [1.165, 1.54) is 0 Å². The van der Waals surface area contributed by atoms with Gasteiger partial charge in [-0.2, -0.15) is 0 Å². The Labute approximate surface area is 131 Å². The van der Waals surface area contributed by atoms with Crippen LogP contribution in [0.15, 0.2) is 24.3 Å². The second-order valence-electron chi connectivity index (χ2n) is 5.01. The highest BCUT2D eigenvalue weighted by Crippen LogP contribution is 2.17. The first-order chi connectivity index (χ1) is 10.8. The van der Waals surface area contributed by atoms with Crippen LogP contribution in [0, 0.1) is 0 Å². The normalized spacial score (nSPS) is 15.5. The van der Waals surface area contributed by atoms with E-state index in [9.17, 15) is 4.79 Å². The number of morpholine rings is 1. The van der Waals surface area contributed by atoms with E-state index in [4.69, 9.17) is 14.2 Å². The molecule has 1 fully saturated rings. The molecule has 0 saturated carbocycles. The molecule has 1 saturated heterocycles. The van der Waals surface area contributed by atoms with Crippen molar-refractivity contribution in [1.82, 2.24) is 4.90 Å². The van der Waals surface area contributed by atoms with Crippen molar-refractivity contribution in [2.75, 3.05) is 58.0 Å². The topological polar surface area (TPSA) is 60.0 Å². The van der Waals surface area contributed by atoms with Gasteiger partial charge in [0.1, 0.15) is 12.4 Å². The summed E-state index contributed by atoms with van der Waals surface area (Å²) in [5, 5.41) is 2.90. The Balaban J connectivity index is 1.77. The average molecular weight is 308 g/mol. The molecule has 1 aromatic carbocycles. The van der Waals surface area contributed by atoms with E-state index in [0.29, 0.717) is 39.6 Å². The van der Waals surface area contributed by atoms with E-state index >= 15 is 0 Å². The maximum atomic E-state index is 12.0. The molecule has 0 radical (unpaired) electrons. The summed E-state index contributed by atoms with van der Waals surface area (Å²) in [4.78, 5) is 14.1. The first-order valence-electron chi connectivity index (χ1n) is 7.68. The summed E-state index contributed by atoms with van der Waals surface area (Å²) in [5.41, 5.74) is 0.743. The van der Waals surface area contributed by atoms with Crippen molar-refractivity contribution in [3.05, 3.63) is 24.3 Å². The van der Waals surface area contributed by atoms with E-state index in [-0.39, 0.29) is 5.91 Å². The summed E-state index contributed by atoms with van der Waals surface area (Å²) in [7, 11) is 0. The fraction of sp³-hybridized carbons (Fsp3) is 0.562. The van der Waals surface area contributed by atoms with Gasteiger partial charge in [-0.1, -0.05) is 6.07 Å². The van der Waals surface area contributed by atoms with Gasteiger partial charge in [0.2, 0.25) is 5.91 Å². The molecule has 6 nitrogen and oxygen atoms in total. The lowest BCUT2D eigenvalue weighted by atomic mass is 10.3. The fourth-order valence-electron chi connectivity index (χ4n) is 2.19. The lowest BCUT2D eigenvalue weighted by Crippen LogP contribution is -2.41. The third kappa shape index (κ3) is 6.01. The largest absolute Gasteiger partial charge is 0.491 e. The van der Waals surface area contributed by atoms with Crippen LogP contribution >= 0.6 is 0 Å². The molecule has 0 atom stereocenters. The molecule has 1 N–H and O–H groups in total. The smallest absolute Gasteiger partial charge is 0.238 e. The van der Waals surface area contributed by atoms with Crippen molar-refractivity contribution in [3.63, 3.8) is 0 Å². The number of carbonyl (C=O) groups excluding carboxylic acids is 1. The zero-order valence-corrected chi connectivity index (χ0v) is 13.0. The van der Waals surface area contributed by atoms with Crippen LogP contribution in [0.4, 0.5) is 5.69 Å². The first-order valence-corrected chi connectivity index (χ1v) is 7.68. The number of benzene rings is 1. The van der Waals surface area contributed by atoms with Crippen LogP contribution in [-0.4, -0.2) is 63.5 Å². The lowest BCUT2D eigenvalue weighted by molar-refractivity contribution is -0.118. The minimum atomic E-state index is -0.0200. The Kier molecular flexibility index (Phi) is 7.15. The van der Waals surface area contributed by atoms with E-state index in [1.807, 2.05) is 31.2 Å². The molecule has 0 spiro atoms. The molecule has 0 aromatic heterocycles. The zero-order valence-electron chi connectivity index (χ0n) is 13.0. The van der Waals surface area contributed by atoms with Crippen LogP contribution in [0.1, 0.15) is 6.92 Å². The van der Waals surface area contributed by atoms with Crippen molar-refractivity contribution in [3.8, 4) is 5.75 Å². The molecule has 1 aliphatic heterocycles. The molecule has 122 valence electrons. The predicted molar refractivity (Wildman–Crippen MR) is 84.3 cm³/mol. The van der Waals surface area contributed by atoms with Crippen molar-refractivity contribution in [2.45, 2.75) is 6.92 Å². The highest BCUT2D eigenvalue weighted by Gasteiger charge is 2.14. The third-order valence-electron chi connectivity index (χ3n) is 3.29. The Bertz CT molecular complexity index is 461. The van der Waals surface area contributed by atoms with E-state index in [2.05, 4.69) is 10.2 Å². The molecule has 1 amide bonds. The van der Waals surface area contributed by atoms with Gasteiger partial charge < -0.3 is 19.5 Å². The summed E-state index contributed by atoms with van der Waals surface area (Å²) >= 11 is 0. The quantitative estimate of drug-likeness (QED) is 0.735.